The summed E-state index contributed by atoms with van der Waals surface area (Å²) in [5.41, 5.74) is 2.46. The highest BCUT2D eigenvalue weighted by atomic mass is 19.1. The fraction of sp³-hybridized carbons (Fsp3) is 0.385. The number of halogens is 1. The molecule has 0 fully saturated rings. The molecule has 1 atom stereocenters. The molecule has 0 saturated carbocycles. The van der Waals surface area contributed by atoms with Crippen molar-refractivity contribution in [2.45, 2.75) is 19.4 Å². The second-order valence-corrected chi connectivity index (χ2v) is 4.32. The molecule has 0 amide bonds. The van der Waals surface area contributed by atoms with Gasteiger partial charge in [-0.3, -0.25) is 9.67 Å². The maximum atomic E-state index is 13.7. The SMILES string of the molecule is CNC(Cc1cc(C)nn1C)c1ncccc1F. The molecule has 1 N–H and O–H groups in total. The van der Waals surface area contributed by atoms with Crippen molar-refractivity contribution in [3.05, 3.63) is 47.3 Å². The van der Waals surface area contributed by atoms with Crippen LogP contribution in [0, 0.1) is 12.7 Å². The third-order valence-electron chi connectivity index (χ3n) is 2.98. The lowest BCUT2D eigenvalue weighted by Crippen LogP contribution is -2.22. The van der Waals surface area contributed by atoms with Gasteiger partial charge < -0.3 is 5.32 Å². The smallest absolute Gasteiger partial charge is 0.146 e. The Balaban J connectivity index is 2.25. The first kappa shape index (κ1) is 12.7. The number of aryl methyl sites for hydroxylation is 2. The lowest BCUT2D eigenvalue weighted by molar-refractivity contribution is 0.504. The normalized spacial score (nSPS) is 12.7. The molecule has 0 radical (unpaired) electrons. The fourth-order valence-corrected chi connectivity index (χ4v) is 2.05. The van der Waals surface area contributed by atoms with Gasteiger partial charge in [0.2, 0.25) is 0 Å². The summed E-state index contributed by atoms with van der Waals surface area (Å²) < 4.78 is 15.5. The minimum Gasteiger partial charge on any atom is -0.311 e. The highest BCUT2D eigenvalue weighted by Gasteiger charge is 2.17. The van der Waals surface area contributed by atoms with Gasteiger partial charge in [0, 0.05) is 25.4 Å². The summed E-state index contributed by atoms with van der Waals surface area (Å²) in [5.74, 6) is -0.282. The van der Waals surface area contributed by atoms with Crippen LogP contribution in [0.4, 0.5) is 4.39 Å². The first-order chi connectivity index (χ1) is 8.61. The largest absolute Gasteiger partial charge is 0.311 e. The second kappa shape index (κ2) is 5.27. The van der Waals surface area contributed by atoms with Gasteiger partial charge in [-0.15, -0.1) is 0 Å². The Bertz CT molecular complexity index is 536. The van der Waals surface area contributed by atoms with E-state index in [4.69, 9.17) is 0 Å². The Labute approximate surface area is 106 Å². The average Bonchev–Trinajstić information content (AvgIpc) is 2.66. The van der Waals surface area contributed by atoms with Gasteiger partial charge in [0.15, 0.2) is 0 Å². The van der Waals surface area contributed by atoms with Gasteiger partial charge in [0.05, 0.1) is 17.4 Å². The van der Waals surface area contributed by atoms with Crippen molar-refractivity contribution < 1.29 is 4.39 Å². The quantitative estimate of drug-likeness (QED) is 0.896. The minimum atomic E-state index is -0.282. The molecule has 18 heavy (non-hydrogen) atoms. The van der Waals surface area contributed by atoms with Crippen LogP contribution < -0.4 is 5.32 Å². The van der Waals surface area contributed by atoms with Gasteiger partial charge in [-0.2, -0.15) is 5.10 Å². The van der Waals surface area contributed by atoms with Crippen molar-refractivity contribution in [1.82, 2.24) is 20.1 Å². The van der Waals surface area contributed by atoms with E-state index in [1.165, 1.54) is 6.07 Å². The van der Waals surface area contributed by atoms with E-state index in [9.17, 15) is 4.39 Å². The first-order valence-corrected chi connectivity index (χ1v) is 5.89. The Morgan fingerprint density at radius 1 is 1.50 bits per heavy atom. The molecule has 0 aliphatic rings. The molecule has 96 valence electrons. The fourth-order valence-electron chi connectivity index (χ4n) is 2.05. The molecule has 0 bridgehead atoms. The van der Waals surface area contributed by atoms with Gasteiger partial charge >= 0.3 is 0 Å². The van der Waals surface area contributed by atoms with Crippen molar-refractivity contribution in [3.63, 3.8) is 0 Å². The monoisotopic (exact) mass is 248 g/mol. The van der Waals surface area contributed by atoms with E-state index in [-0.39, 0.29) is 11.9 Å². The molecule has 2 rings (SSSR count). The Hall–Kier alpha value is -1.75. The Morgan fingerprint density at radius 2 is 2.28 bits per heavy atom. The van der Waals surface area contributed by atoms with Crippen LogP contribution in [0.1, 0.15) is 23.1 Å². The maximum Gasteiger partial charge on any atom is 0.146 e. The van der Waals surface area contributed by atoms with Crippen LogP contribution in [0.3, 0.4) is 0 Å². The van der Waals surface area contributed by atoms with Crippen LogP contribution in [-0.4, -0.2) is 21.8 Å². The van der Waals surface area contributed by atoms with E-state index < -0.39 is 0 Å². The van der Waals surface area contributed by atoms with Crippen LogP contribution in [0.25, 0.3) is 0 Å². The molecule has 0 spiro atoms. The maximum absolute atomic E-state index is 13.7. The number of aromatic nitrogens is 3. The molecule has 2 heterocycles. The number of hydrogen-bond donors (Lipinski definition) is 1. The number of hydrogen-bond acceptors (Lipinski definition) is 3. The van der Waals surface area contributed by atoms with Crippen LogP contribution in [0.2, 0.25) is 0 Å². The van der Waals surface area contributed by atoms with E-state index in [1.807, 2.05) is 31.8 Å². The van der Waals surface area contributed by atoms with Gasteiger partial charge in [0.1, 0.15) is 5.82 Å². The minimum absolute atomic E-state index is 0.152. The van der Waals surface area contributed by atoms with Crippen molar-refractivity contribution in [2.24, 2.45) is 7.05 Å². The van der Waals surface area contributed by atoms with E-state index in [2.05, 4.69) is 15.4 Å². The van der Waals surface area contributed by atoms with Crippen LogP contribution in [-0.2, 0) is 13.5 Å². The molecule has 0 aliphatic carbocycles. The highest BCUT2D eigenvalue weighted by molar-refractivity contribution is 5.17. The summed E-state index contributed by atoms with van der Waals surface area (Å²) >= 11 is 0. The zero-order chi connectivity index (χ0) is 13.1. The van der Waals surface area contributed by atoms with Crippen LogP contribution >= 0.6 is 0 Å². The molecular formula is C13H17FN4. The number of pyridine rings is 1. The summed E-state index contributed by atoms with van der Waals surface area (Å²) in [7, 11) is 3.70. The second-order valence-electron chi connectivity index (χ2n) is 4.32. The van der Waals surface area contributed by atoms with E-state index in [0.717, 1.165) is 11.4 Å². The molecule has 2 aromatic rings. The Kier molecular flexibility index (Phi) is 3.72. The Morgan fingerprint density at radius 3 is 2.83 bits per heavy atom. The van der Waals surface area contributed by atoms with Gasteiger partial charge in [-0.05, 0) is 32.2 Å². The predicted octanol–water partition coefficient (Wildman–Crippen LogP) is 1.77. The molecule has 1 unspecified atom stereocenters. The van der Waals surface area contributed by atoms with Crippen LogP contribution in [0.15, 0.2) is 24.4 Å². The molecule has 0 saturated heterocycles. The lowest BCUT2D eigenvalue weighted by atomic mass is 10.1. The summed E-state index contributed by atoms with van der Waals surface area (Å²) in [6.07, 6.45) is 2.26. The molecule has 4 nitrogen and oxygen atoms in total. The topological polar surface area (TPSA) is 42.7 Å². The van der Waals surface area contributed by atoms with Crippen molar-refractivity contribution >= 4 is 0 Å². The zero-order valence-corrected chi connectivity index (χ0v) is 10.8. The summed E-state index contributed by atoms with van der Waals surface area (Å²) in [6.45, 7) is 1.94. The third-order valence-corrected chi connectivity index (χ3v) is 2.98. The third kappa shape index (κ3) is 2.56. The van der Waals surface area contributed by atoms with Gasteiger partial charge in [0.25, 0.3) is 0 Å². The lowest BCUT2D eigenvalue weighted by Gasteiger charge is -2.16. The zero-order valence-electron chi connectivity index (χ0n) is 10.8. The van der Waals surface area contributed by atoms with Crippen LogP contribution in [0.5, 0.6) is 0 Å². The van der Waals surface area contributed by atoms with Crippen molar-refractivity contribution in [2.75, 3.05) is 7.05 Å². The summed E-state index contributed by atoms with van der Waals surface area (Å²) in [6, 6.07) is 4.88. The summed E-state index contributed by atoms with van der Waals surface area (Å²) in [4.78, 5) is 4.11. The highest BCUT2D eigenvalue weighted by Crippen LogP contribution is 2.18. The van der Waals surface area contributed by atoms with Crippen molar-refractivity contribution in [3.8, 4) is 0 Å². The summed E-state index contributed by atoms with van der Waals surface area (Å²) in [5, 5.41) is 7.39. The number of rotatable bonds is 4. The molecule has 0 aliphatic heterocycles. The van der Waals surface area contributed by atoms with E-state index in [0.29, 0.717) is 12.1 Å². The molecule has 2 aromatic heterocycles. The molecular weight excluding hydrogens is 231 g/mol. The molecule has 5 heteroatoms. The van der Waals surface area contributed by atoms with Crippen molar-refractivity contribution in [1.29, 1.82) is 0 Å². The van der Waals surface area contributed by atoms with E-state index >= 15 is 0 Å². The standard InChI is InChI=1S/C13H17FN4/c1-9-7-10(18(3)17-9)8-12(15-2)13-11(14)5-4-6-16-13/h4-7,12,15H,8H2,1-3H3. The molecule has 0 aromatic carbocycles. The predicted molar refractivity (Wildman–Crippen MR) is 67.6 cm³/mol. The number of nitrogens with one attached hydrogen (secondary N) is 1. The van der Waals surface area contributed by atoms with E-state index in [1.54, 1.807) is 12.3 Å². The van der Waals surface area contributed by atoms with Gasteiger partial charge in [-0.1, -0.05) is 0 Å². The van der Waals surface area contributed by atoms with Gasteiger partial charge in [-0.25, -0.2) is 4.39 Å². The number of likely N-dealkylation sites (N-methyl/N-ethyl adjacent to an activating group) is 1. The number of nitrogens with zero attached hydrogens (tertiary/aromatic N) is 3. The first-order valence-electron chi connectivity index (χ1n) is 5.89. The average molecular weight is 248 g/mol.